The lowest BCUT2D eigenvalue weighted by molar-refractivity contribution is 0.461. The summed E-state index contributed by atoms with van der Waals surface area (Å²) in [6, 6.07) is 17.3. The molecule has 5 rings (SSSR count). The molecule has 1 aliphatic rings. The van der Waals surface area contributed by atoms with Crippen LogP contribution in [-0.4, -0.2) is 5.11 Å². The van der Waals surface area contributed by atoms with Gasteiger partial charge in [-0.05, 0) is 83.8 Å². The van der Waals surface area contributed by atoms with E-state index in [1.807, 2.05) is 17.4 Å². The van der Waals surface area contributed by atoms with Gasteiger partial charge >= 0.3 is 0 Å². The van der Waals surface area contributed by atoms with E-state index in [1.54, 1.807) is 0 Å². The van der Waals surface area contributed by atoms with Gasteiger partial charge in [0, 0.05) is 15.0 Å². The average molecular weight is 373 g/mol. The monoisotopic (exact) mass is 372 g/mol. The van der Waals surface area contributed by atoms with Gasteiger partial charge in [-0.3, -0.25) is 0 Å². The maximum absolute atomic E-state index is 10.5. The van der Waals surface area contributed by atoms with Crippen molar-refractivity contribution in [1.82, 2.24) is 0 Å². The number of aryl methyl sites for hydroxylation is 2. The van der Waals surface area contributed by atoms with Crippen molar-refractivity contribution < 1.29 is 5.11 Å². The lowest BCUT2D eigenvalue weighted by Crippen LogP contribution is -1.94. The largest absolute Gasteiger partial charge is 0.508 e. The summed E-state index contributed by atoms with van der Waals surface area (Å²) in [5.74, 6) is 0.959. The van der Waals surface area contributed by atoms with Crippen molar-refractivity contribution in [1.29, 1.82) is 0 Å². The van der Waals surface area contributed by atoms with Crippen molar-refractivity contribution in [2.24, 2.45) is 0 Å². The molecular weight excluding hydrogens is 348 g/mol. The van der Waals surface area contributed by atoms with Gasteiger partial charge in [-0.1, -0.05) is 43.2 Å². The Morgan fingerprint density at radius 3 is 2.56 bits per heavy atom. The van der Waals surface area contributed by atoms with Gasteiger partial charge in [0.05, 0.1) is 0 Å². The molecule has 2 heteroatoms. The SMILES string of the molecule is Cc1sc2cc3ccccc3c(-c3ccc(O)c(C4CCCC4)c3)c2c1C. The predicted octanol–water partition coefficient (Wildman–Crippen LogP) is 7.70. The lowest BCUT2D eigenvalue weighted by atomic mass is 9.89. The molecule has 1 aliphatic carbocycles. The highest BCUT2D eigenvalue weighted by Gasteiger charge is 2.22. The second-order valence-corrected chi connectivity index (χ2v) is 9.14. The summed E-state index contributed by atoms with van der Waals surface area (Å²) in [5, 5.41) is 14.5. The summed E-state index contributed by atoms with van der Waals surface area (Å²) in [6.45, 7) is 4.46. The minimum absolute atomic E-state index is 0.459. The first kappa shape index (κ1) is 16.8. The van der Waals surface area contributed by atoms with Crippen LogP contribution in [0.25, 0.3) is 32.0 Å². The molecule has 0 saturated heterocycles. The molecule has 0 unspecified atom stereocenters. The molecule has 0 spiro atoms. The van der Waals surface area contributed by atoms with Crippen molar-refractivity contribution in [3.63, 3.8) is 0 Å². The van der Waals surface area contributed by atoms with Crippen molar-refractivity contribution in [2.45, 2.75) is 45.4 Å². The molecule has 0 bridgehead atoms. The van der Waals surface area contributed by atoms with Crippen LogP contribution >= 0.6 is 11.3 Å². The molecule has 0 atom stereocenters. The number of hydrogen-bond acceptors (Lipinski definition) is 2. The standard InChI is InChI=1S/C25H24OS/c1-15-16(2)27-23-14-18-9-5-6-10-20(18)25(24(15)23)19-11-12-22(26)21(13-19)17-7-3-4-8-17/h5-6,9-14,17,26H,3-4,7-8H2,1-2H3. The number of fused-ring (bicyclic) bond motifs is 2. The van der Waals surface area contributed by atoms with Gasteiger partial charge in [-0.15, -0.1) is 11.3 Å². The normalized spacial score (nSPS) is 15.2. The molecule has 0 radical (unpaired) electrons. The second kappa shape index (κ2) is 6.38. The third-order valence-electron chi connectivity index (χ3n) is 6.29. The maximum atomic E-state index is 10.5. The molecule has 3 aromatic carbocycles. The Bertz CT molecular complexity index is 1160. The van der Waals surface area contributed by atoms with Crippen LogP contribution in [0.5, 0.6) is 5.75 Å². The first-order chi connectivity index (χ1) is 13.1. The van der Waals surface area contributed by atoms with Crippen LogP contribution in [0.4, 0.5) is 0 Å². The Labute approximate surface area is 164 Å². The van der Waals surface area contributed by atoms with Crippen LogP contribution in [0.3, 0.4) is 0 Å². The lowest BCUT2D eigenvalue weighted by Gasteiger charge is -2.16. The third-order valence-corrected chi connectivity index (χ3v) is 7.44. The number of aromatic hydroxyl groups is 1. The topological polar surface area (TPSA) is 20.2 Å². The van der Waals surface area contributed by atoms with E-state index in [1.165, 1.54) is 68.1 Å². The molecule has 1 aromatic heterocycles. The molecular formula is C25H24OS. The van der Waals surface area contributed by atoms with Crippen LogP contribution in [0.2, 0.25) is 0 Å². The van der Waals surface area contributed by atoms with E-state index in [-0.39, 0.29) is 0 Å². The Morgan fingerprint density at radius 1 is 0.963 bits per heavy atom. The van der Waals surface area contributed by atoms with Crippen LogP contribution in [0, 0.1) is 13.8 Å². The minimum atomic E-state index is 0.459. The number of phenolic OH excluding ortho intramolecular Hbond substituents is 1. The van der Waals surface area contributed by atoms with Gasteiger partial charge < -0.3 is 5.11 Å². The Kier molecular flexibility index (Phi) is 3.98. The highest BCUT2D eigenvalue weighted by Crippen LogP contribution is 2.45. The average Bonchev–Trinajstić information content (AvgIpc) is 3.30. The quantitative estimate of drug-likeness (QED) is 0.382. The van der Waals surface area contributed by atoms with Crippen LogP contribution in [-0.2, 0) is 0 Å². The van der Waals surface area contributed by atoms with Crippen molar-refractivity contribution in [2.75, 3.05) is 0 Å². The van der Waals surface area contributed by atoms with Gasteiger partial charge in [-0.25, -0.2) is 0 Å². The van der Waals surface area contributed by atoms with Gasteiger partial charge in [0.15, 0.2) is 0 Å². The maximum Gasteiger partial charge on any atom is 0.119 e. The number of rotatable bonds is 2. The highest BCUT2D eigenvalue weighted by molar-refractivity contribution is 7.19. The van der Waals surface area contributed by atoms with E-state index in [2.05, 4.69) is 56.3 Å². The molecule has 27 heavy (non-hydrogen) atoms. The summed E-state index contributed by atoms with van der Waals surface area (Å²) >= 11 is 1.89. The van der Waals surface area contributed by atoms with Crippen molar-refractivity contribution >= 4 is 32.2 Å². The zero-order chi connectivity index (χ0) is 18.5. The summed E-state index contributed by atoms with van der Waals surface area (Å²) in [4.78, 5) is 1.39. The molecule has 0 aliphatic heterocycles. The smallest absolute Gasteiger partial charge is 0.119 e. The van der Waals surface area contributed by atoms with Crippen LogP contribution in [0.15, 0.2) is 48.5 Å². The van der Waals surface area contributed by atoms with Gasteiger partial charge in [0.25, 0.3) is 0 Å². The summed E-state index contributed by atoms with van der Waals surface area (Å²) < 4.78 is 1.36. The molecule has 1 N–H and O–H groups in total. The van der Waals surface area contributed by atoms with E-state index in [0.717, 1.165) is 5.56 Å². The number of thiophene rings is 1. The summed E-state index contributed by atoms with van der Waals surface area (Å²) in [5.41, 5.74) is 5.07. The first-order valence-corrected chi connectivity index (χ1v) is 10.7. The number of hydrogen-bond donors (Lipinski definition) is 1. The fraction of sp³-hybridized carbons (Fsp3) is 0.280. The van der Waals surface area contributed by atoms with E-state index in [0.29, 0.717) is 11.7 Å². The van der Waals surface area contributed by atoms with Gasteiger partial charge in [0.2, 0.25) is 0 Å². The number of phenols is 1. The minimum Gasteiger partial charge on any atom is -0.508 e. The van der Waals surface area contributed by atoms with Crippen LogP contribution in [0.1, 0.15) is 47.6 Å². The van der Waals surface area contributed by atoms with Crippen LogP contribution < -0.4 is 0 Å². The van der Waals surface area contributed by atoms with E-state index in [4.69, 9.17) is 0 Å². The van der Waals surface area contributed by atoms with Crippen molar-refractivity contribution in [3.05, 3.63) is 64.5 Å². The molecule has 1 heterocycles. The van der Waals surface area contributed by atoms with E-state index in [9.17, 15) is 5.11 Å². The molecule has 4 aromatic rings. The number of benzene rings is 3. The molecule has 0 amide bonds. The molecule has 136 valence electrons. The summed E-state index contributed by atoms with van der Waals surface area (Å²) in [7, 11) is 0. The third kappa shape index (κ3) is 2.66. The molecule has 1 nitrogen and oxygen atoms in total. The van der Waals surface area contributed by atoms with E-state index < -0.39 is 0 Å². The Balaban J connectivity index is 1.84. The zero-order valence-corrected chi connectivity index (χ0v) is 16.7. The fourth-order valence-corrected chi connectivity index (χ4v) is 5.89. The fourth-order valence-electron chi connectivity index (χ4n) is 4.77. The van der Waals surface area contributed by atoms with E-state index >= 15 is 0 Å². The Morgan fingerprint density at radius 2 is 1.74 bits per heavy atom. The predicted molar refractivity (Wildman–Crippen MR) is 117 cm³/mol. The Hall–Kier alpha value is -2.32. The summed E-state index contributed by atoms with van der Waals surface area (Å²) in [6.07, 6.45) is 4.93. The molecule has 1 fully saturated rings. The van der Waals surface area contributed by atoms with Gasteiger partial charge in [0.1, 0.15) is 5.75 Å². The van der Waals surface area contributed by atoms with Crippen molar-refractivity contribution in [3.8, 4) is 16.9 Å². The first-order valence-electron chi connectivity index (χ1n) is 9.88. The second-order valence-electron chi connectivity index (χ2n) is 7.88. The highest BCUT2D eigenvalue weighted by atomic mass is 32.1. The van der Waals surface area contributed by atoms with Gasteiger partial charge in [-0.2, -0.15) is 0 Å². The zero-order valence-electron chi connectivity index (χ0n) is 15.9. The molecule has 1 saturated carbocycles.